The van der Waals surface area contributed by atoms with E-state index in [2.05, 4.69) is 4.99 Å². The van der Waals surface area contributed by atoms with E-state index in [-0.39, 0.29) is 49.2 Å². The van der Waals surface area contributed by atoms with E-state index in [0.29, 0.717) is 17.8 Å². The van der Waals surface area contributed by atoms with E-state index in [9.17, 15) is 41.5 Å². The van der Waals surface area contributed by atoms with Crippen LogP contribution in [0.15, 0.2) is 43.8 Å². The van der Waals surface area contributed by atoms with Gasteiger partial charge in [0.15, 0.2) is 5.17 Å². The Balaban J connectivity index is 2.17. The molecule has 11 nitrogen and oxygen atoms in total. The monoisotopic (exact) mass is 606 g/mol. The first-order valence-corrected chi connectivity index (χ1v) is 12.4. The summed E-state index contributed by atoms with van der Waals surface area (Å²) in [6.07, 6.45) is -4.16. The summed E-state index contributed by atoms with van der Waals surface area (Å²) in [4.78, 5) is 66.9. The van der Waals surface area contributed by atoms with Gasteiger partial charge in [-0.05, 0) is 37.7 Å². The number of ether oxygens (including phenoxy) is 2. The van der Waals surface area contributed by atoms with Gasteiger partial charge in [0.2, 0.25) is 0 Å². The Bertz CT molecular complexity index is 1570. The summed E-state index contributed by atoms with van der Waals surface area (Å²) in [7, 11) is 0.751. The number of rotatable bonds is 7. The smallest absolute Gasteiger partial charge is 0.431 e. The maximum atomic E-state index is 14.9. The summed E-state index contributed by atoms with van der Waals surface area (Å²) in [6.45, 7) is 2.46. The Hall–Kier alpha value is -3.92. The van der Waals surface area contributed by atoms with Crippen LogP contribution in [0.4, 0.5) is 23.2 Å². The van der Waals surface area contributed by atoms with Crippen LogP contribution in [0.25, 0.3) is 5.69 Å². The van der Waals surface area contributed by atoms with Gasteiger partial charge in [0.1, 0.15) is 18.1 Å². The average Bonchev–Trinajstić information content (AvgIpc) is 3.12. The molecule has 0 aliphatic carbocycles. The van der Waals surface area contributed by atoms with Crippen molar-refractivity contribution in [2.75, 3.05) is 19.8 Å². The maximum absolute atomic E-state index is 14.9. The number of nitrogens with zero attached hydrogens (tertiary/aromatic N) is 4. The van der Waals surface area contributed by atoms with Crippen molar-refractivity contribution in [1.29, 1.82) is 0 Å². The molecule has 1 fully saturated rings. The van der Waals surface area contributed by atoms with Crippen LogP contribution in [-0.2, 0) is 37.1 Å². The molecule has 1 aliphatic heterocycles. The first-order valence-electron chi connectivity index (χ1n) is 11.2. The van der Waals surface area contributed by atoms with Gasteiger partial charge < -0.3 is 9.47 Å². The van der Waals surface area contributed by atoms with Gasteiger partial charge in [-0.3, -0.25) is 23.9 Å². The number of aromatic nitrogens is 2. The van der Waals surface area contributed by atoms with Crippen LogP contribution in [0.1, 0.15) is 19.5 Å². The molecular weight excluding hydrogens is 588 g/mol. The van der Waals surface area contributed by atoms with E-state index in [1.54, 1.807) is 6.92 Å². The minimum absolute atomic E-state index is 0.00398. The number of carbonyl (C=O) groups excluding carboxylic acids is 3. The summed E-state index contributed by atoms with van der Waals surface area (Å²) in [5, 5.41) is -0.599. The van der Waals surface area contributed by atoms with Crippen molar-refractivity contribution in [3.63, 3.8) is 0 Å². The van der Waals surface area contributed by atoms with Gasteiger partial charge in [-0.15, -0.1) is 0 Å². The number of aliphatic imine (C=N–C) groups is 1. The molecule has 214 valence electrons. The number of amides is 1. The lowest BCUT2D eigenvalue weighted by atomic mass is 10.2. The molecular formula is C23H19ClF4N4O7S. The number of halogens is 5. The predicted molar refractivity (Wildman–Crippen MR) is 135 cm³/mol. The fraction of sp³-hybridized carbons (Fsp3) is 0.304. The highest BCUT2D eigenvalue weighted by molar-refractivity contribution is 8.18. The van der Waals surface area contributed by atoms with Gasteiger partial charge in [0.05, 0.1) is 34.5 Å². The zero-order chi connectivity index (χ0) is 29.9. The Kier molecular flexibility index (Phi) is 9.25. The van der Waals surface area contributed by atoms with Crippen LogP contribution in [0.5, 0.6) is 0 Å². The number of amidine groups is 1. The van der Waals surface area contributed by atoms with Crippen molar-refractivity contribution >= 4 is 52.1 Å². The molecule has 0 bridgehead atoms. The highest BCUT2D eigenvalue weighted by Gasteiger charge is 2.37. The molecule has 1 aliphatic rings. The Morgan fingerprint density at radius 1 is 1.10 bits per heavy atom. The molecule has 3 rings (SSSR count). The van der Waals surface area contributed by atoms with Gasteiger partial charge in [-0.1, -0.05) is 11.6 Å². The normalized spacial score (nSPS) is 15.7. The quantitative estimate of drug-likeness (QED) is 0.267. The second kappa shape index (κ2) is 12.1. The van der Waals surface area contributed by atoms with Crippen molar-refractivity contribution in [1.82, 2.24) is 14.0 Å². The number of esters is 2. The van der Waals surface area contributed by atoms with Gasteiger partial charge in [-0.2, -0.15) is 13.2 Å². The van der Waals surface area contributed by atoms with E-state index in [0.717, 1.165) is 24.1 Å². The van der Waals surface area contributed by atoms with Crippen molar-refractivity contribution in [3.05, 3.63) is 66.6 Å². The van der Waals surface area contributed by atoms with E-state index in [1.165, 1.54) is 6.92 Å². The Morgan fingerprint density at radius 3 is 2.35 bits per heavy atom. The fourth-order valence-corrected chi connectivity index (χ4v) is 4.51. The van der Waals surface area contributed by atoms with E-state index >= 15 is 0 Å². The van der Waals surface area contributed by atoms with Crippen molar-refractivity contribution < 1.29 is 41.4 Å². The third-order valence-corrected chi connectivity index (χ3v) is 6.41. The third-order valence-electron chi connectivity index (χ3n) is 5.10. The molecule has 1 aromatic heterocycles. The maximum Gasteiger partial charge on any atom is 0.431 e. The first-order chi connectivity index (χ1) is 18.7. The predicted octanol–water partition coefficient (Wildman–Crippen LogP) is 2.92. The molecule has 0 radical (unpaired) electrons. The van der Waals surface area contributed by atoms with Crippen LogP contribution in [-0.4, -0.2) is 56.8 Å². The topological polar surface area (TPSA) is 129 Å². The minimum Gasteiger partial charge on any atom is -0.465 e. The van der Waals surface area contributed by atoms with E-state index < -0.39 is 59.0 Å². The molecule has 0 atom stereocenters. The molecule has 1 saturated heterocycles. The third kappa shape index (κ3) is 6.44. The molecule has 1 amide bonds. The second-order valence-electron chi connectivity index (χ2n) is 7.75. The van der Waals surface area contributed by atoms with E-state index in [1.807, 2.05) is 0 Å². The van der Waals surface area contributed by atoms with Crippen LogP contribution in [0.3, 0.4) is 0 Å². The lowest BCUT2D eigenvalue weighted by Gasteiger charge is -2.16. The zero-order valence-corrected chi connectivity index (χ0v) is 22.4. The van der Waals surface area contributed by atoms with Crippen LogP contribution >= 0.6 is 23.4 Å². The summed E-state index contributed by atoms with van der Waals surface area (Å²) in [5.74, 6) is -3.74. The first kappa shape index (κ1) is 30.6. The highest BCUT2D eigenvalue weighted by Crippen LogP contribution is 2.36. The molecule has 0 spiro atoms. The molecule has 1 aromatic carbocycles. The minimum atomic E-state index is -5.04. The summed E-state index contributed by atoms with van der Waals surface area (Å²) >= 11 is 6.74. The number of alkyl halides is 3. The molecule has 0 N–H and O–H groups in total. The zero-order valence-electron chi connectivity index (χ0n) is 20.9. The molecule has 17 heteroatoms. The lowest BCUT2D eigenvalue weighted by molar-refractivity contribution is -0.145. The lowest BCUT2D eigenvalue weighted by Crippen LogP contribution is -2.41. The van der Waals surface area contributed by atoms with Crippen molar-refractivity contribution in [2.45, 2.75) is 20.0 Å². The summed E-state index contributed by atoms with van der Waals surface area (Å²) in [5.41, 5.74) is -5.65. The van der Waals surface area contributed by atoms with Crippen LogP contribution < -0.4 is 11.2 Å². The Labute approximate surface area is 231 Å². The van der Waals surface area contributed by atoms with Gasteiger partial charge in [0, 0.05) is 19.2 Å². The second-order valence-corrected chi connectivity index (χ2v) is 9.17. The number of hydrogen-bond acceptors (Lipinski definition) is 9. The highest BCUT2D eigenvalue weighted by atomic mass is 35.5. The van der Waals surface area contributed by atoms with Crippen molar-refractivity contribution in [3.8, 4) is 5.69 Å². The largest absolute Gasteiger partial charge is 0.465 e. The van der Waals surface area contributed by atoms with Gasteiger partial charge in [-0.25, -0.2) is 23.5 Å². The van der Waals surface area contributed by atoms with Crippen LogP contribution in [0.2, 0.25) is 5.02 Å². The molecule has 40 heavy (non-hydrogen) atoms. The molecule has 0 saturated carbocycles. The van der Waals surface area contributed by atoms with Gasteiger partial charge >= 0.3 is 23.8 Å². The summed E-state index contributed by atoms with van der Waals surface area (Å²) < 4.78 is 64.4. The number of hydrogen-bond donors (Lipinski definition) is 0. The summed E-state index contributed by atoms with van der Waals surface area (Å²) in [6, 6.07) is 1.59. The van der Waals surface area contributed by atoms with E-state index in [4.69, 9.17) is 21.1 Å². The van der Waals surface area contributed by atoms with Crippen LogP contribution in [0, 0.1) is 5.82 Å². The number of carbonyl (C=O) groups is 3. The SMILES string of the molecule is CCOC(=O)C=C1SC(=Nc2cc(-n3c(=O)cc(C(F)(F)F)n(C)c3=O)c(F)cc2Cl)N(CC(=O)OCC)C1=O. The standard InChI is InChI=1S/C23H19ClF4N4O7S/c1-4-38-18(34)8-15-20(36)31(10-19(35)39-5-2)21(40-15)29-13-7-14(12(25)6-11(13)24)32-17(33)9-16(23(26,27)28)30(3)22(32)37/h6-9H,4-5,10H2,1-3H3. The van der Waals surface area contributed by atoms with Crippen molar-refractivity contribution in [2.24, 2.45) is 12.0 Å². The molecule has 0 unspecified atom stereocenters. The van der Waals surface area contributed by atoms with Gasteiger partial charge in [0.25, 0.3) is 11.5 Å². The average molecular weight is 607 g/mol. The Morgan fingerprint density at radius 2 is 1.75 bits per heavy atom. The molecule has 2 heterocycles. The fourth-order valence-electron chi connectivity index (χ4n) is 3.36. The number of thioether (sulfide) groups is 1. The molecule has 2 aromatic rings. The number of benzene rings is 1.